The van der Waals surface area contributed by atoms with Crippen molar-refractivity contribution in [3.8, 4) is 11.3 Å². The molecule has 0 amide bonds. The largest absolute Gasteiger partial charge is 0.369 e. The lowest BCUT2D eigenvalue weighted by Crippen LogP contribution is -2.07. The number of carbonyl (C=O) groups excluding carboxylic acids is 1. The topological polar surface area (TPSA) is 54.1 Å². The van der Waals surface area contributed by atoms with Gasteiger partial charge in [-0.25, -0.2) is 0 Å². The summed E-state index contributed by atoms with van der Waals surface area (Å²) in [5.74, 6) is 0.671. The van der Waals surface area contributed by atoms with Gasteiger partial charge in [-0.2, -0.15) is 0 Å². The summed E-state index contributed by atoms with van der Waals surface area (Å²) < 4.78 is 5.63. The first kappa shape index (κ1) is 14.9. The van der Waals surface area contributed by atoms with Crippen LogP contribution in [0.1, 0.15) is 33.8 Å². The average molecular weight is 332 g/mol. The highest BCUT2D eigenvalue weighted by atomic mass is 16.5. The number of hydrogen-bond acceptors (Lipinski definition) is 3. The summed E-state index contributed by atoms with van der Waals surface area (Å²) in [6.07, 6.45) is 1.20. The molecule has 4 nitrogen and oxygen atoms in total. The Balaban J connectivity index is 1.62. The molecule has 0 spiro atoms. The van der Waals surface area contributed by atoms with E-state index >= 15 is 0 Å². The van der Waals surface area contributed by atoms with Gasteiger partial charge in [-0.15, -0.1) is 0 Å². The lowest BCUT2D eigenvalue weighted by atomic mass is 9.95. The van der Waals surface area contributed by atoms with Crippen molar-refractivity contribution in [3.05, 3.63) is 59.2 Å². The van der Waals surface area contributed by atoms with Crippen LogP contribution in [-0.4, -0.2) is 30.5 Å². The molecule has 0 radical (unpaired) electrons. The molecule has 0 saturated carbocycles. The molecule has 0 bridgehead atoms. The van der Waals surface area contributed by atoms with Crippen LogP contribution < -0.4 is 5.32 Å². The van der Waals surface area contributed by atoms with Crippen molar-refractivity contribution in [2.45, 2.75) is 18.9 Å². The summed E-state index contributed by atoms with van der Waals surface area (Å²) in [5.41, 5.74) is 6.46. The Morgan fingerprint density at radius 1 is 1.04 bits per heavy atom. The van der Waals surface area contributed by atoms with Crippen LogP contribution in [0.2, 0.25) is 0 Å². The minimum atomic E-state index is 0.0546. The molecular weight excluding hydrogens is 312 g/mol. The maximum atomic E-state index is 12.3. The molecule has 126 valence electrons. The second-order valence-corrected chi connectivity index (χ2v) is 6.93. The number of rotatable bonds is 2. The fourth-order valence-electron chi connectivity index (χ4n) is 4.12. The number of ketones is 1. The van der Waals surface area contributed by atoms with Gasteiger partial charge in [-0.3, -0.25) is 4.79 Å². The number of aromatic nitrogens is 1. The summed E-state index contributed by atoms with van der Waals surface area (Å²) in [5, 5.41) is 4.44. The van der Waals surface area contributed by atoms with Crippen LogP contribution in [0.5, 0.6) is 0 Å². The number of aromatic amines is 1. The number of ether oxygens (including phenoxy) is 1. The molecule has 0 aliphatic carbocycles. The maximum Gasteiger partial charge on any atom is 0.189 e. The summed E-state index contributed by atoms with van der Waals surface area (Å²) in [7, 11) is 0. The number of nitrogens with one attached hydrogen (secondary N) is 2. The molecule has 3 aromatic rings. The van der Waals surface area contributed by atoms with E-state index in [4.69, 9.17) is 4.74 Å². The van der Waals surface area contributed by atoms with Crippen molar-refractivity contribution in [1.29, 1.82) is 0 Å². The number of carbonyl (C=O) groups is 1. The van der Waals surface area contributed by atoms with Crippen LogP contribution in [-0.2, 0) is 11.3 Å². The number of Topliss-reactive ketones (excluding diaryl/α,β-unsaturated/α-hetero) is 1. The van der Waals surface area contributed by atoms with E-state index in [0.29, 0.717) is 12.5 Å². The van der Waals surface area contributed by atoms with Crippen LogP contribution in [0, 0.1) is 0 Å². The zero-order chi connectivity index (χ0) is 16.8. The van der Waals surface area contributed by atoms with Gasteiger partial charge in [0.1, 0.15) is 6.61 Å². The SMILES string of the molecule is O=C1COCc2c(-c3ccc(C4CCNC4)cc3)[nH]c3cccc1c23. The lowest BCUT2D eigenvalue weighted by molar-refractivity contribution is 0.0742. The second kappa shape index (κ2) is 5.83. The third-order valence-corrected chi connectivity index (χ3v) is 5.44. The molecule has 1 saturated heterocycles. The summed E-state index contributed by atoms with van der Waals surface area (Å²) in [4.78, 5) is 15.8. The fraction of sp³-hybridized carbons (Fsp3) is 0.286. The quantitative estimate of drug-likeness (QED) is 0.753. The van der Waals surface area contributed by atoms with E-state index < -0.39 is 0 Å². The van der Waals surface area contributed by atoms with Gasteiger partial charge < -0.3 is 15.0 Å². The molecule has 1 aromatic heterocycles. The number of hydrogen-bond donors (Lipinski definition) is 2. The van der Waals surface area contributed by atoms with Gasteiger partial charge >= 0.3 is 0 Å². The number of H-pyrrole nitrogens is 1. The van der Waals surface area contributed by atoms with Gasteiger partial charge in [-0.1, -0.05) is 36.4 Å². The van der Waals surface area contributed by atoms with Gasteiger partial charge in [0, 0.05) is 28.6 Å². The first-order valence-electron chi connectivity index (χ1n) is 8.87. The predicted molar refractivity (Wildman–Crippen MR) is 97.9 cm³/mol. The van der Waals surface area contributed by atoms with E-state index in [1.54, 1.807) is 0 Å². The summed E-state index contributed by atoms with van der Waals surface area (Å²) >= 11 is 0. The molecule has 2 N–H and O–H groups in total. The molecule has 2 aliphatic heterocycles. The summed E-state index contributed by atoms with van der Waals surface area (Å²) in [6, 6.07) is 14.7. The van der Waals surface area contributed by atoms with Crippen molar-refractivity contribution in [2.24, 2.45) is 0 Å². The third kappa shape index (κ3) is 2.41. The zero-order valence-corrected chi connectivity index (χ0v) is 14.0. The standard InChI is InChI=1S/C21H20N2O2/c24-19-12-25-11-17-20-16(19)2-1-3-18(20)23-21(17)14-6-4-13(5-7-14)15-8-9-22-10-15/h1-7,15,22-23H,8-12H2. The predicted octanol–water partition coefficient (Wildman–Crippen LogP) is 3.62. The lowest BCUT2D eigenvalue weighted by Gasteiger charge is -2.10. The minimum Gasteiger partial charge on any atom is -0.369 e. The Morgan fingerprint density at radius 3 is 2.72 bits per heavy atom. The second-order valence-electron chi connectivity index (χ2n) is 6.93. The highest BCUT2D eigenvalue weighted by molar-refractivity contribution is 6.11. The van der Waals surface area contributed by atoms with Crippen molar-refractivity contribution in [1.82, 2.24) is 10.3 Å². The fourth-order valence-corrected chi connectivity index (χ4v) is 4.12. The molecule has 5 rings (SSSR count). The van der Waals surface area contributed by atoms with E-state index in [1.165, 1.54) is 12.0 Å². The first-order valence-corrected chi connectivity index (χ1v) is 8.87. The molecule has 1 unspecified atom stereocenters. The Bertz CT molecular complexity index is 950. The molecule has 2 aromatic carbocycles. The monoisotopic (exact) mass is 332 g/mol. The third-order valence-electron chi connectivity index (χ3n) is 5.44. The Kier molecular flexibility index (Phi) is 3.47. The number of benzene rings is 2. The highest BCUT2D eigenvalue weighted by Crippen LogP contribution is 2.35. The van der Waals surface area contributed by atoms with Crippen LogP contribution in [0.3, 0.4) is 0 Å². The van der Waals surface area contributed by atoms with E-state index in [0.717, 1.165) is 46.4 Å². The minimum absolute atomic E-state index is 0.0546. The average Bonchev–Trinajstić information content (AvgIpc) is 3.26. The highest BCUT2D eigenvalue weighted by Gasteiger charge is 2.23. The maximum absolute atomic E-state index is 12.3. The van der Waals surface area contributed by atoms with Crippen LogP contribution >= 0.6 is 0 Å². The van der Waals surface area contributed by atoms with E-state index in [1.807, 2.05) is 18.2 Å². The molecule has 4 heteroatoms. The van der Waals surface area contributed by atoms with Crippen LogP contribution in [0.25, 0.3) is 22.2 Å². The van der Waals surface area contributed by atoms with Gasteiger partial charge in [0.2, 0.25) is 0 Å². The van der Waals surface area contributed by atoms with Gasteiger partial charge in [-0.05, 0) is 36.1 Å². The molecule has 1 fully saturated rings. The van der Waals surface area contributed by atoms with Crippen molar-refractivity contribution >= 4 is 16.7 Å². The molecule has 2 aliphatic rings. The zero-order valence-electron chi connectivity index (χ0n) is 14.0. The first-order chi connectivity index (χ1) is 12.3. The Morgan fingerprint density at radius 2 is 1.92 bits per heavy atom. The Hall–Kier alpha value is -2.43. The van der Waals surface area contributed by atoms with Crippen LogP contribution in [0.15, 0.2) is 42.5 Å². The van der Waals surface area contributed by atoms with E-state index in [-0.39, 0.29) is 12.4 Å². The van der Waals surface area contributed by atoms with Crippen molar-refractivity contribution in [2.75, 3.05) is 19.7 Å². The van der Waals surface area contributed by atoms with E-state index in [9.17, 15) is 4.79 Å². The van der Waals surface area contributed by atoms with Gasteiger partial charge in [0.15, 0.2) is 5.78 Å². The van der Waals surface area contributed by atoms with Crippen LogP contribution in [0.4, 0.5) is 0 Å². The molecule has 25 heavy (non-hydrogen) atoms. The van der Waals surface area contributed by atoms with Gasteiger partial charge in [0.05, 0.1) is 12.3 Å². The summed E-state index contributed by atoms with van der Waals surface area (Å²) in [6.45, 7) is 2.79. The van der Waals surface area contributed by atoms with Crippen molar-refractivity contribution < 1.29 is 9.53 Å². The Labute approximate surface area is 146 Å². The van der Waals surface area contributed by atoms with Gasteiger partial charge in [0.25, 0.3) is 0 Å². The normalized spacial score (nSPS) is 20.2. The molecule has 3 heterocycles. The molecule has 1 atom stereocenters. The smallest absolute Gasteiger partial charge is 0.189 e. The van der Waals surface area contributed by atoms with Crippen molar-refractivity contribution in [3.63, 3.8) is 0 Å². The molecular formula is C21H20N2O2. The van der Waals surface area contributed by atoms with E-state index in [2.05, 4.69) is 34.6 Å².